The van der Waals surface area contributed by atoms with Crippen LogP contribution in [0, 0.1) is 6.92 Å². The summed E-state index contributed by atoms with van der Waals surface area (Å²) in [7, 11) is 0. The van der Waals surface area contributed by atoms with Crippen LogP contribution < -0.4 is 5.32 Å². The lowest BCUT2D eigenvalue weighted by molar-refractivity contribution is -0.121. The first kappa shape index (κ1) is 17.7. The fourth-order valence-electron chi connectivity index (χ4n) is 4.17. The lowest BCUT2D eigenvalue weighted by atomic mass is 9.91. The first-order valence-corrected chi connectivity index (χ1v) is 9.77. The lowest BCUT2D eigenvalue weighted by Gasteiger charge is -2.30. The van der Waals surface area contributed by atoms with Crippen molar-refractivity contribution < 1.29 is 4.79 Å². The Morgan fingerprint density at radius 2 is 1.76 bits per heavy atom. The molecular weight excluding hydrogens is 362 g/mol. The number of carbonyl (C=O) groups is 1. The highest BCUT2D eigenvalue weighted by Gasteiger charge is 2.33. The van der Waals surface area contributed by atoms with Crippen molar-refractivity contribution in [3.63, 3.8) is 0 Å². The molecule has 0 unspecified atom stereocenters. The maximum atomic E-state index is 12.7. The third kappa shape index (κ3) is 3.21. The maximum absolute atomic E-state index is 12.7. The zero-order valence-electron chi connectivity index (χ0n) is 16.1. The summed E-state index contributed by atoms with van der Waals surface area (Å²) in [5.41, 5.74) is 5.78. The number of hydrogen-bond donors (Lipinski definition) is 1. The van der Waals surface area contributed by atoms with Crippen LogP contribution in [0.15, 0.2) is 67.3 Å². The van der Waals surface area contributed by atoms with Gasteiger partial charge in [-0.05, 0) is 42.8 Å². The highest BCUT2D eigenvalue weighted by atomic mass is 16.1. The largest absolute Gasteiger partial charge is 0.300 e. The predicted octanol–water partition coefficient (Wildman–Crippen LogP) is 3.83. The number of Topliss-reactive ketones (excluding diaryl/α,β-unsaturated/α-hetero) is 1. The molecular formula is C23H21N5O. The van der Waals surface area contributed by atoms with E-state index < -0.39 is 0 Å². The van der Waals surface area contributed by atoms with Crippen LogP contribution in [0.5, 0.6) is 0 Å². The van der Waals surface area contributed by atoms with Crippen molar-refractivity contribution in [2.24, 2.45) is 0 Å². The summed E-state index contributed by atoms with van der Waals surface area (Å²) in [6.45, 7) is 2.03. The van der Waals surface area contributed by atoms with E-state index in [1.54, 1.807) is 18.6 Å². The molecule has 4 aromatic heterocycles. The number of pyridine rings is 3. The molecule has 0 radical (unpaired) electrons. The summed E-state index contributed by atoms with van der Waals surface area (Å²) in [6.07, 6.45) is 8.22. The van der Waals surface area contributed by atoms with Crippen LogP contribution in [-0.2, 0) is 4.79 Å². The summed E-state index contributed by atoms with van der Waals surface area (Å²) in [5, 5.41) is 3.65. The van der Waals surface area contributed by atoms with Gasteiger partial charge in [0, 0.05) is 43.2 Å². The number of aromatic nitrogens is 4. The minimum Gasteiger partial charge on any atom is -0.300 e. The normalized spacial score (nSPS) is 19.6. The van der Waals surface area contributed by atoms with E-state index in [2.05, 4.69) is 19.7 Å². The number of nitrogens with one attached hydrogen (secondary N) is 1. The van der Waals surface area contributed by atoms with Crippen molar-refractivity contribution in [3.8, 4) is 11.3 Å². The van der Waals surface area contributed by atoms with E-state index in [0.717, 1.165) is 33.9 Å². The number of ketones is 1. The van der Waals surface area contributed by atoms with Gasteiger partial charge in [0.25, 0.3) is 0 Å². The van der Waals surface area contributed by atoms with Gasteiger partial charge in [0.15, 0.2) is 0 Å². The van der Waals surface area contributed by atoms with Gasteiger partial charge in [-0.15, -0.1) is 0 Å². The van der Waals surface area contributed by atoms with E-state index in [1.165, 1.54) is 0 Å². The number of carbonyl (C=O) groups excluding carboxylic acids is 1. The number of aryl methyl sites for hydroxylation is 1. The van der Waals surface area contributed by atoms with Gasteiger partial charge in [-0.2, -0.15) is 0 Å². The molecule has 5 rings (SSSR count). The summed E-state index contributed by atoms with van der Waals surface area (Å²) in [5.74, 6) is 0.224. The summed E-state index contributed by atoms with van der Waals surface area (Å²) in [4.78, 5) is 26.3. The monoisotopic (exact) mass is 383 g/mol. The molecule has 0 saturated carbocycles. The average Bonchev–Trinajstić information content (AvgIpc) is 3.14. The Morgan fingerprint density at radius 3 is 2.55 bits per heavy atom. The van der Waals surface area contributed by atoms with Crippen LogP contribution in [0.2, 0.25) is 0 Å². The lowest BCUT2D eigenvalue weighted by Crippen LogP contribution is -2.36. The summed E-state index contributed by atoms with van der Waals surface area (Å²) in [6, 6.07) is 13.6. The highest BCUT2D eigenvalue weighted by Crippen LogP contribution is 2.36. The van der Waals surface area contributed by atoms with E-state index in [4.69, 9.17) is 4.98 Å². The number of hydrogen-bond acceptors (Lipinski definition) is 5. The molecule has 29 heavy (non-hydrogen) atoms. The van der Waals surface area contributed by atoms with Crippen LogP contribution in [0.25, 0.3) is 16.9 Å². The Kier molecular flexibility index (Phi) is 4.41. The molecule has 2 atom stereocenters. The number of imidazole rings is 1. The molecule has 0 spiro atoms. The minimum atomic E-state index is -0.175. The van der Waals surface area contributed by atoms with Crippen molar-refractivity contribution >= 4 is 11.4 Å². The predicted molar refractivity (Wildman–Crippen MR) is 110 cm³/mol. The third-order valence-electron chi connectivity index (χ3n) is 5.49. The van der Waals surface area contributed by atoms with Crippen molar-refractivity contribution in [2.75, 3.05) is 0 Å². The molecule has 0 aliphatic carbocycles. The van der Waals surface area contributed by atoms with E-state index in [0.29, 0.717) is 12.8 Å². The fraction of sp³-hybridized carbons (Fsp3) is 0.217. The topological polar surface area (TPSA) is 72.2 Å². The smallest absolute Gasteiger partial charge is 0.137 e. The van der Waals surface area contributed by atoms with Gasteiger partial charge < -0.3 is 0 Å². The second-order valence-corrected chi connectivity index (χ2v) is 7.43. The minimum absolute atomic E-state index is 0.113. The van der Waals surface area contributed by atoms with Crippen LogP contribution in [0.3, 0.4) is 0 Å². The molecule has 0 amide bonds. The SMILES string of the molecule is Cc1cccnc1[C@H]1CC(=O)C[C@@H](c2nc3ccccn3c2-c2ccncc2)N1. The quantitative estimate of drug-likeness (QED) is 0.582. The Bertz CT molecular complexity index is 1180. The molecule has 1 N–H and O–H groups in total. The highest BCUT2D eigenvalue weighted by molar-refractivity contribution is 5.81. The van der Waals surface area contributed by atoms with Gasteiger partial charge in [-0.3, -0.25) is 24.5 Å². The molecule has 1 aliphatic heterocycles. The Balaban J connectivity index is 1.62. The summed E-state index contributed by atoms with van der Waals surface area (Å²) >= 11 is 0. The van der Waals surface area contributed by atoms with E-state index >= 15 is 0 Å². The van der Waals surface area contributed by atoms with Gasteiger partial charge >= 0.3 is 0 Å². The van der Waals surface area contributed by atoms with Crippen LogP contribution in [0.4, 0.5) is 0 Å². The van der Waals surface area contributed by atoms with E-state index in [-0.39, 0.29) is 17.9 Å². The van der Waals surface area contributed by atoms with Crippen molar-refractivity contribution in [3.05, 3.63) is 84.2 Å². The molecule has 144 valence electrons. The van der Waals surface area contributed by atoms with Crippen molar-refractivity contribution in [1.29, 1.82) is 0 Å². The first-order valence-electron chi connectivity index (χ1n) is 9.77. The second kappa shape index (κ2) is 7.22. The van der Waals surface area contributed by atoms with Crippen LogP contribution in [0.1, 0.15) is 41.9 Å². The molecule has 0 aromatic carbocycles. The van der Waals surface area contributed by atoms with Gasteiger partial charge in [-0.1, -0.05) is 12.1 Å². The fourth-order valence-corrected chi connectivity index (χ4v) is 4.17. The number of rotatable bonds is 3. The first-order chi connectivity index (χ1) is 14.2. The van der Waals surface area contributed by atoms with Crippen molar-refractivity contribution in [1.82, 2.24) is 24.7 Å². The van der Waals surface area contributed by atoms with Crippen molar-refractivity contribution in [2.45, 2.75) is 31.8 Å². The van der Waals surface area contributed by atoms with Gasteiger partial charge in [0.2, 0.25) is 0 Å². The molecule has 1 saturated heterocycles. The van der Waals surface area contributed by atoms with Gasteiger partial charge in [0.1, 0.15) is 11.4 Å². The molecule has 6 heteroatoms. The van der Waals surface area contributed by atoms with E-state index in [9.17, 15) is 4.79 Å². The zero-order valence-corrected chi connectivity index (χ0v) is 16.1. The number of fused-ring (bicyclic) bond motifs is 1. The Labute approximate surface area is 168 Å². The van der Waals surface area contributed by atoms with Crippen LogP contribution in [-0.4, -0.2) is 25.1 Å². The molecule has 0 bridgehead atoms. The maximum Gasteiger partial charge on any atom is 0.137 e. The Morgan fingerprint density at radius 1 is 0.966 bits per heavy atom. The molecule has 5 heterocycles. The van der Waals surface area contributed by atoms with E-state index in [1.807, 2.05) is 55.6 Å². The molecule has 6 nitrogen and oxygen atoms in total. The number of nitrogens with zero attached hydrogens (tertiary/aromatic N) is 4. The van der Waals surface area contributed by atoms with Gasteiger partial charge in [-0.25, -0.2) is 4.98 Å². The Hall–Kier alpha value is -3.38. The standard InChI is InChI=1S/C23H21N5O/c1-15-5-4-9-25-21(15)18-13-17(29)14-19(26-18)22-23(16-7-10-24-11-8-16)28-12-3-2-6-20(28)27-22/h2-12,18-19,26H,13-14H2,1H3/t18-,19+/m1/s1. The zero-order chi connectivity index (χ0) is 19.8. The average molecular weight is 383 g/mol. The third-order valence-corrected chi connectivity index (χ3v) is 5.49. The van der Waals surface area contributed by atoms with Gasteiger partial charge in [0.05, 0.1) is 29.2 Å². The number of piperidine rings is 1. The summed E-state index contributed by atoms with van der Waals surface area (Å²) < 4.78 is 2.08. The van der Waals surface area contributed by atoms with Crippen LogP contribution >= 0.6 is 0 Å². The second-order valence-electron chi connectivity index (χ2n) is 7.43. The molecule has 1 aliphatic rings. The molecule has 1 fully saturated rings. The molecule has 4 aromatic rings.